The molecule has 0 aromatic heterocycles. The Hall–Kier alpha value is -5.75. The molecule has 1 saturated heterocycles. The molecule has 0 saturated carbocycles. The van der Waals surface area contributed by atoms with Gasteiger partial charge in [-0.3, -0.25) is 19.9 Å². The molecule has 1 amide bonds. The zero-order valence-corrected chi connectivity index (χ0v) is 35.8. The summed E-state index contributed by atoms with van der Waals surface area (Å²) in [5.41, 5.74) is 0.928. The number of carboxylic acid groups (broad SMARTS) is 2. The first-order valence-corrected chi connectivity index (χ1v) is 19.6. The summed E-state index contributed by atoms with van der Waals surface area (Å²) in [5.74, 6) is -4.01. The Labute approximate surface area is 355 Å². The highest BCUT2D eigenvalue weighted by atomic mass is 17.0. The third-order valence-corrected chi connectivity index (χ3v) is 10.8. The third kappa shape index (κ3) is 14.4. The van der Waals surface area contributed by atoms with Crippen LogP contribution in [0.5, 0.6) is 23.0 Å². The number of hydrogen-bond donors (Lipinski definition) is 3. The number of amides is 1. The molecule has 0 aliphatic carbocycles. The predicted octanol–water partition coefficient (Wildman–Crippen LogP) is 1.95. The minimum atomic E-state index is -3.08. The Morgan fingerprint density at radius 1 is 1.00 bits per heavy atom. The molecule has 61 heavy (non-hydrogen) atoms. The number of nitrogens with one attached hydrogen (secondary N) is 1. The Morgan fingerprint density at radius 2 is 1.62 bits per heavy atom. The molecule has 3 rings (SSSR count). The first-order valence-electron chi connectivity index (χ1n) is 19.6. The maximum Gasteiger partial charge on any atom is 0.486 e. The number of hydrogen-bond acceptors (Lipinski definition) is 16. The standard InChI is InChI=1S/C41H57N5O14.H2O/c1-8-16-40(26-42,31-11-13-32(55-5)35(22-31)57-7)17-9-18-44(4)27(2)30-10-12-33(34(21-30)56-6)58-25-36(47)43-45-19-14-29(15-20-45)28(3)59-46(54)60-38(50)24-41(53,39(51)52)23-37(48)49;/h10-13,21-22,27-29,53H,8-9,14-20,23-25H2,1-7H3,(H2-,43,47,48,49,51,52);1H2. The molecular formula is C41H59N5O15. The van der Waals surface area contributed by atoms with Gasteiger partial charge in [-0.25, -0.2) is 9.80 Å². The van der Waals surface area contributed by atoms with Crippen LogP contribution in [0.2, 0.25) is 0 Å². The van der Waals surface area contributed by atoms with E-state index in [-0.39, 0.29) is 24.0 Å². The van der Waals surface area contributed by atoms with Crippen molar-refractivity contribution >= 4 is 23.8 Å². The molecule has 2 aromatic rings. The molecule has 1 aliphatic heterocycles. The summed E-state index contributed by atoms with van der Waals surface area (Å²) in [6.45, 7) is 6.94. The van der Waals surface area contributed by atoms with Crippen molar-refractivity contribution in [3.05, 3.63) is 52.4 Å². The van der Waals surface area contributed by atoms with Gasteiger partial charge in [0.25, 0.3) is 5.91 Å². The van der Waals surface area contributed by atoms with Gasteiger partial charge in [0, 0.05) is 25.0 Å². The lowest BCUT2D eigenvalue weighted by Crippen LogP contribution is -2.51. The SMILES string of the molecule is CCCC(C#N)(CCCN(C)C(C)c1ccc(OCC(=O)NN2CCC(C(C)O[N+](=O)OC(=O)CC(O)(CC(=O)O)C(=O)[O-])CC2)c(OC)c1)c1ccc(OC)c(OC)c1.O. The first-order chi connectivity index (χ1) is 28.4. The number of nitrogens with zero attached hydrogens (tertiary/aromatic N) is 4. The van der Waals surface area contributed by atoms with Crippen LogP contribution < -0.4 is 29.5 Å². The van der Waals surface area contributed by atoms with Crippen molar-refractivity contribution in [2.75, 3.05) is 54.6 Å². The lowest BCUT2D eigenvalue weighted by Gasteiger charge is -2.32. The summed E-state index contributed by atoms with van der Waals surface area (Å²) in [6.07, 6.45) is 0.481. The van der Waals surface area contributed by atoms with E-state index < -0.39 is 58.9 Å². The van der Waals surface area contributed by atoms with Crippen LogP contribution in [0.25, 0.3) is 0 Å². The molecule has 1 heterocycles. The third-order valence-electron chi connectivity index (χ3n) is 10.8. The van der Waals surface area contributed by atoms with Gasteiger partial charge in [-0.2, -0.15) is 10.1 Å². The molecular weight excluding hydrogens is 802 g/mol. The Morgan fingerprint density at radius 3 is 2.20 bits per heavy atom. The Bertz CT molecular complexity index is 1850. The van der Waals surface area contributed by atoms with Crippen molar-refractivity contribution in [3.63, 3.8) is 0 Å². The van der Waals surface area contributed by atoms with E-state index in [2.05, 4.69) is 35.1 Å². The average molecular weight is 862 g/mol. The molecule has 20 nitrogen and oxygen atoms in total. The number of nitriles is 1. The topological polar surface area (TPSA) is 281 Å². The fourth-order valence-electron chi connectivity index (χ4n) is 7.18. The van der Waals surface area contributed by atoms with Crippen molar-refractivity contribution < 1.29 is 73.7 Å². The second-order valence-electron chi connectivity index (χ2n) is 14.9. The lowest BCUT2D eigenvalue weighted by atomic mass is 9.74. The second-order valence-corrected chi connectivity index (χ2v) is 14.9. The number of carbonyl (C=O) groups is 4. The predicted molar refractivity (Wildman–Crippen MR) is 214 cm³/mol. The molecule has 1 fully saturated rings. The van der Waals surface area contributed by atoms with Crippen molar-refractivity contribution in [3.8, 4) is 29.1 Å². The summed E-state index contributed by atoms with van der Waals surface area (Å²) in [6, 6.07) is 13.8. The fraction of sp³-hybridized carbons (Fsp3) is 0.585. The molecule has 2 aromatic carbocycles. The number of ether oxygens (including phenoxy) is 4. The van der Waals surface area contributed by atoms with E-state index in [1.54, 1.807) is 32.2 Å². The molecule has 20 heteroatoms. The molecule has 1 aliphatic rings. The van der Waals surface area contributed by atoms with Crippen LogP contribution in [0.3, 0.4) is 0 Å². The van der Waals surface area contributed by atoms with Crippen molar-refractivity contribution in [1.29, 1.82) is 5.26 Å². The number of carbonyl (C=O) groups excluding carboxylic acids is 3. The van der Waals surface area contributed by atoms with E-state index in [9.17, 15) is 39.6 Å². The largest absolute Gasteiger partial charge is 0.547 e. The summed E-state index contributed by atoms with van der Waals surface area (Å²) in [4.78, 5) is 70.5. The van der Waals surface area contributed by atoms with Crippen LogP contribution in [0.15, 0.2) is 36.4 Å². The van der Waals surface area contributed by atoms with Gasteiger partial charge in [0.1, 0.15) is 10.5 Å². The van der Waals surface area contributed by atoms with E-state index in [0.717, 1.165) is 30.5 Å². The van der Waals surface area contributed by atoms with E-state index in [0.29, 0.717) is 61.8 Å². The molecule has 5 N–H and O–H groups in total. The van der Waals surface area contributed by atoms with Crippen molar-refractivity contribution in [1.82, 2.24) is 15.3 Å². The molecule has 0 spiro atoms. The maximum atomic E-state index is 12.8. The van der Waals surface area contributed by atoms with E-state index in [1.807, 2.05) is 37.4 Å². The van der Waals surface area contributed by atoms with Gasteiger partial charge in [-0.1, -0.05) is 25.5 Å². The number of aliphatic hydroxyl groups is 1. The monoisotopic (exact) mass is 861 g/mol. The van der Waals surface area contributed by atoms with Crippen LogP contribution in [0.4, 0.5) is 0 Å². The minimum Gasteiger partial charge on any atom is -0.547 e. The van der Waals surface area contributed by atoms with Crippen LogP contribution in [-0.2, 0) is 34.3 Å². The minimum absolute atomic E-state index is 0. The zero-order valence-electron chi connectivity index (χ0n) is 35.8. The number of piperidine rings is 1. The average Bonchev–Trinajstić information content (AvgIpc) is 3.21. The van der Waals surface area contributed by atoms with Gasteiger partial charge in [-0.15, -0.1) is 4.84 Å². The molecule has 0 bridgehead atoms. The highest BCUT2D eigenvalue weighted by molar-refractivity contribution is 5.87. The van der Waals surface area contributed by atoms with E-state index in [4.69, 9.17) is 28.9 Å². The number of benzene rings is 2. The first kappa shape index (κ1) is 51.4. The molecule has 4 unspecified atom stereocenters. The maximum absolute atomic E-state index is 12.8. The van der Waals surface area contributed by atoms with Gasteiger partial charge < -0.3 is 44.5 Å². The van der Waals surface area contributed by atoms with Gasteiger partial charge in [0.2, 0.25) is 0 Å². The highest BCUT2D eigenvalue weighted by Crippen LogP contribution is 2.39. The molecule has 0 radical (unpaired) electrons. The number of hydrazine groups is 1. The number of aliphatic carboxylic acids is 2. The number of methoxy groups -OCH3 is 3. The van der Waals surface area contributed by atoms with Crippen molar-refractivity contribution in [2.24, 2.45) is 5.92 Å². The van der Waals surface area contributed by atoms with Crippen LogP contribution >= 0.6 is 0 Å². The van der Waals surface area contributed by atoms with Gasteiger partial charge in [-0.05, 0) is 94.9 Å². The highest BCUT2D eigenvalue weighted by Gasteiger charge is 2.39. The molecule has 338 valence electrons. The number of carboxylic acids is 2. The summed E-state index contributed by atoms with van der Waals surface area (Å²) < 4.78 is 22.4. The normalized spacial score (nSPS) is 15.9. The summed E-state index contributed by atoms with van der Waals surface area (Å²) in [7, 11) is 6.72. The number of rotatable bonds is 25. The van der Waals surface area contributed by atoms with Crippen LogP contribution in [0.1, 0.15) is 89.3 Å². The zero-order chi connectivity index (χ0) is 44.6. The van der Waals surface area contributed by atoms with Gasteiger partial charge in [0.05, 0.1) is 51.6 Å². The van der Waals surface area contributed by atoms with E-state index >= 15 is 0 Å². The second kappa shape index (κ2) is 23.9. The van der Waals surface area contributed by atoms with Crippen LogP contribution in [0, 0.1) is 22.2 Å². The lowest BCUT2D eigenvalue weighted by molar-refractivity contribution is -0.970. The van der Waals surface area contributed by atoms with Crippen molar-refractivity contribution in [2.45, 2.75) is 95.3 Å². The van der Waals surface area contributed by atoms with Crippen LogP contribution in [-0.4, -0.2) is 121 Å². The summed E-state index contributed by atoms with van der Waals surface area (Å²) >= 11 is 0. The summed E-state index contributed by atoms with van der Waals surface area (Å²) in [5, 5.41) is 41.4. The smallest absolute Gasteiger partial charge is 0.486 e. The molecule has 4 atom stereocenters. The quantitative estimate of drug-likeness (QED) is 0.120. The fourth-order valence-corrected chi connectivity index (χ4v) is 7.18. The Balaban J connectivity index is 0.0000128. The van der Waals surface area contributed by atoms with Gasteiger partial charge in [0.15, 0.2) is 35.7 Å². The Kier molecular flexibility index (Phi) is 20.1. The van der Waals surface area contributed by atoms with Gasteiger partial charge >= 0.3 is 17.0 Å². The van der Waals surface area contributed by atoms with E-state index in [1.165, 1.54) is 7.11 Å².